The predicted molar refractivity (Wildman–Crippen MR) is 121 cm³/mol. The number of halogens is 4. The number of para-hydroxylation sites is 1. The number of hydrogen-bond acceptors (Lipinski definition) is 2. The van der Waals surface area contributed by atoms with Crippen LogP contribution in [0.1, 0.15) is 5.56 Å². The average molecular weight is 521 g/mol. The highest BCUT2D eigenvalue weighted by molar-refractivity contribution is 9.10. The molecule has 0 unspecified atom stereocenters. The van der Waals surface area contributed by atoms with Crippen molar-refractivity contribution in [1.29, 1.82) is 0 Å². The van der Waals surface area contributed by atoms with E-state index in [0.717, 1.165) is 16.1 Å². The highest BCUT2D eigenvalue weighted by atomic mass is 79.9. The molecular weight excluding hydrogens is 505 g/mol. The molecule has 0 aliphatic rings. The Morgan fingerprint density at radius 2 is 1.25 bits per heavy atom. The fraction of sp³-hybridized carbons (Fsp3) is 0.0435. The number of primary sulfonamides is 1. The van der Waals surface area contributed by atoms with Crippen LogP contribution in [0.15, 0.2) is 94.3 Å². The maximum Gasteiger partial charge on any atom is 0.418 e. The Morgan fingerprint density at radius 1 is 0.750 bits per heavy atom. The van der Waals surface area contributed by atoms with E-state index in [-0.39, 0.29) is 10.6 Å². The van der Waals surface area contributed by atoms with Gasteiger partial charge in [-0.3, -0.25) is 0 Å². The average Bonchev–Trinajstić information content (AvgIpc) is 3.18. The number of benzene rings is 3. The van der Waals surface area contributed by atoms with Crippen LogP contribution in [-0.2, 0) is 16.2 Å². The van der Waals surface area contributed by atoms with Gasteiger partial charge in [0.1, 0.15) is 0 Å². The standard InChI is InChI=1S/C23H16BrF3N2O2S/c24-17-9-5-15(6-10-17)20-13-14-21(16-7-11-18(12-8-16)32(28,30)31)29(20)22-4-2-1-3-19(22)23(25,26)27/h1-14H,(H2,28,30,31). The summed E-state index contributed by atoms with van der Waals surface area (Å²) in [6.07, 6.45) is -4.56. The molecule has 0 aliphatic heterocycles. The Hall–Kier alpha value is -2.88. The summed E-state index contributed by atoms with van der Waals surface area (Å²) in [4.78, 5) is -0.0804. The lowest BCUT2D eigenvalue weighted by Crippen LogP contribution is -2.12. The summed E-state index contributed by atoms with van der Waals surface area (Å²) in [5, 5.41) is 5.16. The monoisotopic (exact) mass is 520 g/mol. The molecule has 0 bridgehead atoms. The summed E-state index contributed by atoms with van der Waals surface area (Å²) in [7, 11) is -3.89. The van der Waals surface area contributed by atoms with Crippen molar-refractivity contribution in [3.63, 3.8) is 0 Å². The van der Waals surface area contributed by atoms with E-state index in [0.29, 0.717) is 17.0 Å². The second-order valence-corrected chi connectivity index (χ2v) is 9.51. The third kappa shape index (κ3) is 4.36. The Morgan fingerprint density at radius 3 is 1.75 bits per heavy atom. The summed E-state index contributed by atoms with van der Waals surface area (Å²) in [5.41, 5.74) is 1.47. The van der Waals surface area contributed by atoms with Gasteiger partial charge in [0.2, 0.25) is 10.0 Å². The van der Waals surface area contributed by atoms with E-state index in [2.05, 4.69) is 15.9 Å². The fourth-order valence-electron chi connectivity index (χ4n) is 3.49. The normalized spacial score (nSPS) is 12.2. The van der Waals surface area contributed by atoms with E-state index in [1.807, 2.05) is 12.1 Å². The van der Waals surface area contributed by atoms with Crippen LogP contribution in [0.2, 0.25) is 0 Å². The van der Waals surface area contributed by atoms with Crippen molar-refractivity contribution in [2.45, 2.75) is 11.1 Å². The van der Waals surface area contributed by atoms with E-state index >= 15 is 0 Å². The molecule has 4 aromatic rings. The minimum Gasteiger partial charge on any atom is -0.309 e. The topological polar surface area (TPSA) is 65.1 Å². The molecular formula is C23H16BrF3N2O2S. The van der Waals surface area contributed by atoms with E-state index < -0.39 is 21.8 Å². The van der Waals surface area contributed by atoms with Gasteiger partial charge >= 0.3 is 6.18 Å². The molecule has 0 atom stereocenters. The molecule has 0 saturated heterocycles. The van der Waals surface area contributed by atoms with Gasteiger partial charge in [0.25, 0.3) is 0 Å². The molecule has 0 fully saturated rings. The Bertz CT molecular complexity index is 1380. The van der Waals surface area contributed by atoms with Crippen molar-refractivity contribution in [2.75, 3.05) is 0 Å². The number of hydrogen-bond donors (Lipinski definition) is 1. The van der Waals surface area contributed by atoms with Crippen molar-refractivity contribution >= 4 is 26.0 Å². The molecule has 1 heterocycles. The minimum absolute atomic E-state index is 0.0339. The van der Waals surface area contributed by atoms with E-state index in [4.69, 9.17) is 5.14 Å². The summed E-state index contributed by atoms with van der Waals surface area (Å²) in [6, 6.07) is 21.7. The molecule has 164 valence electrons. The van der Waals surface area contributed by atoms with Crippen molar-refractivity contribution in [3.05, 3.63) is 95.0 Å². The van der Waals surface area contributed by atoms with Gasteiger partial charge in [-0.1, -0.05) is 52.3 Å². The van der Waals surface area contributed by atoms with Gasteiger partial charge in [-0.15, -0.1) is 0 Å². The third-order valence-electron chi connectivity index (χ3n) is 4.95. The summed E-state index contributed by atoms with van der Waals surface area (Å²) >= 11 is 3.37. The number of sulfonamides is 1. The fourth-order valence-corrected chi connectivity index (χ4v) is 4.27. The predicted octanol–water partition coefficient (Wildman–Crippen LogP) is 6.24. The number of alkyl halides is 3. The molecule has 4 rings (SSSR count). The quantitative estimate of drug-likeness (QED) is 0.346. The second kappa shape index (κ2) is 8.23. The van der Waals surface area contributed by atoms with Crippen LogP contribution in [-0.4, -0.2) is 13.0 Å². The van der Waals surface area contributed by atoms with Crippen LogP contribution in [0.3, 0.4) is 0 Å². The Balaban J connectivity index is 1.99. The van der Waals surface area contributed by atoms with Crippen molar-refractivity contribution in [2.24, 2.45) is 5.14 Å². The minimum atomic E-state index is -4.56. The SMILES string of the molecule is NS(=O)(=O)c1ccc(-c2ccc(-c3ccc(Br)cc3)n2-c2ccccc2C(F)(F)F)cc1. The molecule has 1 aromatic heterocycles. The first-order chi connectivity index (χ1) is 15.1. The lowest BCUT2D eigenvalue weighted by atomic mass is 10.1. The number of nitrogens with zero attached hydrogens (tertiary/aromatic N) is 1. The van der Waals surface area contributed by atoms with Gasteiger partial charge in [-0.25, -0.2) is 13.6 Å². The van der Waals surface area contributed by atoms with Gasteiger partial charge in [0, 0.05) is 4.47 Å². The van der Waals surface area contributed by atoms with Gasteiger partial charge in [-0.05, 0) is 59.7 Å². The molecule has 0 spiro atoms. The zero-order valence-corrected chi connectivity index (χ0v) is 18.7. The van der Waals surface area contributed by atoms with Gasteiger partial charge in [0.05, 0.1) is 27.5 Å². The van der Waals surface area contributed by atoms with E-state index in [1.54, 1.807) is 30.3 Å². The highest BCUT2D eigenvalue weighted by Gasteiger charge is 2.34. The van der Waals surface area contributed by atoms with Crippen molar-refractivity contribution in [3.8, 4) is 28.2 Å². The highest BCUT2D eigenvalue weighted by Crippen LogP contribution is 2.39. The Kier molecular flexibility index (Phi) is 5.74. The lowest BCUT2D eigenvalue weighted by molar-refractivity contribution is -0.137. The molecule has 0 saturated carbocycles. The molecule has 32 heavy (non-hydrogen) atoms. The van der Waals surface area contributed by atoms with E-state index in [1.165, 1.54) is 41.0 Å². The van der Waals surface area contributed by atoms with Crippen molar-refractivity contribution < 1.29 is 21.6 Å². The molecule has 0 aliphatic carbocycles. The Labute approximate surface area is 191 Å². The smallest absolute Gasteiger partial charge is 0.309 e. The number of nitrogens with two attached hydrogens (primary N) is 1. The van der Waals surface area contributed by atoms with Gasteiger partial charge in [0.15, 0.2) is 0 Å². The van der Waals surface area contributed by atoms with Crippen LogP contribution in [0.5, 0.6) is 0 Å². The zero-order chi connectivity index (χ0) is 23.1. The van der Waals surface area contributed by atoms with Crippen LogP contribution >= 0.6 is 15.9 Å². The maximum absolute atomic E-state index is 13.8. The lowest BCUT2D eigenvalue weighted by Gasteiger charge is -2.19. The van der Waals surface area contributed by atoms with E-state index in [9.17, 15) is 21.6 Å². The molecule has 9 heteroatoms. The second-order valence-electron chi connectivity index (χ2n) is 7.03. The largest absolute Gasteiger partial charge is 0.418 e. The van der Waals surface area contributed by atoms with Crippen LogP contribution < -0.4 is 5.14 Å². The maximum atomic E-state index is 13.8. The number of aromatic nitrogens is 1. The van der Waals surface area contributed by atoms with Crippen molar-refractivity contribution in [1.82, 2.24) is 4.57 Å². The molecule has 0 radical (unpaired) electrons. The molecule has 4 nitrogen and oxygen atoms in total. The number of rotatable bonds is 4. The summed E-state index contributed by atoms with van der Waals surface area (Å²) in [5.74, 6) is 0. The van der Waals surface area contributed by atoms with Crippen LogP contribution in [0.25, 0.3) is 28.2 Å². The molecule has 0 amide bonds. The zero-order valence-electron chi connectivity index (χ0n) is 16.3. The first kappa shape index (κ1) is 22.3. The third-order valence-corrected chi connectivity index (χ3v) is 6.41. The first-order valence-corrected chi connectivity index (χ1v) is 11.7. The molecule has 2 N–H and O–H groups in total. The molecule has 3 aromatic carbocycles. The summed E-state index contributed by atoms with van der Waals surface area (Å²) in [6.45, 7) is 0. The summed E-state index contributed by atoms with van der Waals surface area (Å²) < 4.78 is 67.1. The van der Waals surface area contributed by atoms with Gasteiger partial charge in [-0.2, -0.15) is 13.2 Å². The van der Waals surface area contributed by atoms with Gasteiger partial charge < -0.3 is 4.57 Å². The van der Waals surface area contributed by atoms with Crippen LogP contribution in [0, 0.1) is 0 Å². The first-order valence-electron chi connectivity index (χ1n) is 9.33. The van der Waals surface area contributed by atoms with Crippen LogP contribution in [0.4, 0.5) is 13.2 Å².